The van der Waals surface area contributed by atoms with Crippen molar-refractivity contribution < 1.29 is 0 Å². The van der Waals surface area contributed by atoms with Gasteiger partial charge in [0.25, 0.3) is 0 Å². The molecule has 0 amide bonds. The molecule has 3 N–H and O–H groups in total. The molecule has 0 radical (unpaired) electrons. The predicted octanol–water partition coefficient (Wildman–Crippen LogP) is 1.51. The standard InChI is InChI=1S/C14H18N4S/c1-18-7-6-16-14(18)9-11(17-15)13-8-10-4-2-3-5-12(10)19-13/h2-7,11,13,17H,8-9,15H2,1H3. The van der Waals surface area contributed by atoms with E-state index in [-0.39, 0.29) is 6.04 Å². The number of hydrogen-bond acceptors (Lipinski definition) is 4. The number of aryl methyl sites for hydroxylation is 1. The van der Waals surface area contributed by atoms with Crippen LogP contribution >= 0.6 is 11.8 Å². The van der Waals surface area contributed by atoms with Gasteiger partial charge in [0.2, 0.25) is 0 Å². The van der Waals surface area contributed by atoms with Gasteiger partial charge in [-0.3, -0.25) is 11.3 Å². The smallest absolute Gasteiger partial charge is 0.110 e. The maximum atomic E-state index is 5.75. The molecule has 1 aromatic heterocycles. The topological polar surface area (TPSA) is 55.9 Å². The highest BCUT2D eigenvalue weighted by atomic mass is 32.2. The van der Waals surface area contributed by atoms with Crippen molar-refractivity contribution in [2.75, 3.05) is 0 Å². The highest BCUT2D eigenvalue weighted by Gasteiger charge is 2.29. The largest absolute Gasteiger partial charge is 0.338 e. The molecule has 0 saturated heterocycles. The van der Waals surface area contributed by atoms with Crippen molar-refractivity contribution in [2.45, 2.75) is 29.0 Å². The van der Waals surface area contributed by atoms with Crippen LogP contribution in [0.2, 0.25) is 0 Å². The first-order chi connectivity index (χ1) is 9.28. The second-order valence-corrected chi connectivity index (χ2v) is 6.18. The van der Waals surface area contributed by atoms with Gasteiger partial charge < -0.3 is 4.57 Å². The molecule has 4 nitrogen and oxygen atoms in total. The van der Waals surface area contributed by atoms with Gasteiger partial charge in [-0.2, -0.15) is 0 Å². The number of aromatic nitrogens is 2. The zero-order chi connectivity index (χ0) is 13.2. The molecule has 0 saturated carbocycles. The lowest BCUT2D eigenvalue weighted by molar-refractivity contribution is 0.490. The van der Waals surface area contributed by atoms with Crippen molar-refractivity contribution in [3.63, 3.8) is 0 Å². The zero-order valence-electron chi connectivity index (χ0n) is 10.9. The molecule has 3 rings (SSSR count). The Morgan fingerprint density at radius 2 is 2.37 bits per heavy atom. The lowest BCUT2D eigenvalue weighted by atomic mass is 10.0. The Bertz CT molecular complexity index is 541. The average Bonchev–Trinajstić information content (AvgIpc) is 3.02. The molecule has 0 fully saturated rings. The minimum Gasteiger partial charge on any atom is -0.338 e. The lowest BCUT2D eigenvalue weighted by Gasteiger charge is -2.21. The van der Waals surface area contributed by atoms with Crippen LogP contribution in [0, 0.1) is 0 Å². The number of nitrogens with zero attached hydrogens (tertiary/aromatic N) is 2. The van der Waals surface area contributed by atoms with E-state index >= 15 is 0 Å². The number of rotatable bonds is 4. The Kier molecular flexibility index (Phi) is 3.59. The molecule has 5 heteroatoms. The van der Waals surface area contributed by atoms with Crippen LogP contribution in [0.1, 0.15) is 11.4 Å². The van der Waals surface area contributed by atoms with Gasteiger partial charge in [0, 0.05) is 42.0 Å². The first kappa shape index (κ1) is 12.7. The molecular formula is C14H18N4S. The van der Waals surface area contributed by atoms with E-state index in [1.165, 1.54) is 10.5 Å². The number of nitrogens with one attached hydrogen (secondary N) is 1. The molecule has 0 spiro atoms. The van der Waals surface area contributed by atoms with E-state index in [1.54, 1.807) is 0 Å². The molecule has 2 unspecified atom stereocenters. The molecule has 19 heavy (non-hydrogen) atoms. The highest BCUT2D eigenvalue weighted by Crippen LogP contribution is 2.38. The van der Waals surface area contributed by atoms with Crippen molar-refractivity contribution in [1.29, 1.82) is 0 Å². The number of fused-ring (bicyclic) bond motifs is 1. The van der Waals surface area contributed by atoms with Gasteiger partial charge in [-0.25, -0.2) is 4.98 Å². The summed E-state index contributed by atoms with van der Waals surface area (Å²) < 4.78 is 2.05. The Balaban J connectivity index is 1.73. The third-order valence-electron chi connectivity index (χ3n) is 3.66. The van der Waals surface area contributed by atoms with Crippen molar-refractivity contribution >= 4 is 11.8 Å². The number of hydrogen-bond donors (Lipinski definition) is 2. The van der Waals surface area contributed by atoms with E-state index in [1.807, 2.05) is 31.2 Å². The summed E-state index contributed by atoms with van der Waals surface area (Å²) in [6.07, 6.45) is 5.73. The van der Waals surface area contributed by atoms with Crippen molar-refractivity contribution in [3.05, 3.63) is 48.0 Å². The molecular weight excluding hydrogens is 256 g/mol. The van der Waals surface area contributed by atoms with Crippen molar-refractivity contribution in [3.8, 4) is 0 Å². The minimum atomic E-state index is 0.235. The third-order valence-corrected chi connectivity index (χ3v) is 5.11. The molecule has 100 valence electrons. The van der Waals surface area contributed by atoms with Gasteiger partial charge in [-0.15, -0.1) is 11.8 Å². The zero-order valence-corrected chi connectivity index (χ0v) is 11.7. The van der Waals surface area contributed by atoms with E-state index in [4.69, 9.17) is 5.84 Å². The molecule has 1 aliphatic heterocycles. The monoisotopic (exact) mass is 274 g/mol. The van der Waals surface area contributed by atoms with Crippen LogP contribution in [0.4, 0.5) is 0 Å². The first-order valence-corrected chi connectivity index (χ1v) is 7.33. The molecule has 2 aromatic rings. The van der Waals surface area contributed by atoms with Crippen LogP contribution in [0.25, 0.3) is 0 Å². The van der Waals surface area contributed by atoms with Crippen LogP contribution in [0.3, 0.4) is 0 Å². The number of nitrogens with two attached hydrogens (primary N) is 1. The van der Waals surface area contributed by atoms with Crippen molar-refractivity contribution in [2.24, 2.45) is 12.9 Å². The SMILES string of the molecule is Cn1ccnc1CC(NN)C1Cc2ccccc2S1. The fourth-order valence-electron chi connectivity index (χ4n) is 2.52. The van der Waals surface area contributed by atoms with E-state index in [9.17, 15) is 0 Å². The maximum absolute atomic E-state index is 5.75. The summed E-state index contributed by atoms with van der Waals surface area (Å²) in [4.78, 5) is 5.76. The second-order valence-electron chi connectivity index (χ2n) is 4.90. The van der Waals surface area contributed by atoms with E-state index in [0.29, 0.717) is 5.25 Å². The Hall–Kier alpha value is -1.30. The number of imidazole rings is 1. The second kappa shape index (κ2) is 5.36. The quantitative estimate of drug-likeness (QED) is 0.655. The number of hydrazine groups is 1. The fraction of sp³-hybridized carbons (Fsp3) is 0.357. The Labute approximate surface area is 117 Å². The van der Waals surface area contributed by atoms with Crippen LogP contribution in [-0.4, -0.2) is 20.8 Å². The van der Waals surface area contributed by atoms with Crippen LogP contribution in [-0.2, 0) is 19.9 Å². The third kappa shape index (κ3) is 2.54. The lowest BCUT2D eigenvalue weighted by Crippen LogP contribution is -2.44. The van der Waals surface area contributed by atoms with Crippen LogP contribution in [0.5, 0.6) is 0 Å². The summed E-state index contributed by atoms with van der Waals surface area (Å²) in [6, 6.07) is 8.83. The molecule has 2 heterocycles. The summed E-state index contributed by atoms with van der Waals surface area (Å²) in [5.74, 6) is 6.82. The molecule has 1 aromatic carbocycles. The molecule has 0 aliphatic carbocycles. The Morgan fingerprint density at radius 1 is 1.53 bits per heavy atom. The van der Waals surface area contributed by atoms with Gasteiger partial charge in [-0.1, -0.05) is 18.2 Å². The maximum Gasteiger partial charge on any atom is 0.110 e. The summed E-state index contributed by atoms with van der Waals surface area (Å²) in [6.45, 7) is 0. The van der Waals surface area contributed by atoms with Gasteiger partial charge in [0.1, 0.15) is 5.82 Å². The normalized spacial score (nSPS) is 19.4. The van der Waals surface area contributed by atoms with E-state index < -0.39 is 0 Å². The minimum absolute atomic E-state index is 0.235. The molecule has 2 atom stereocenters. The van der Waals surface area contributed by atoms with Gasteiger partial charge >= 0.3 is 0 Å². The van der Waals surface area contributed by atoms with E-state index in [0.717, 1.165) is 18.7 Å². The highest BCUT2D eigenvalue weighted by molar-refractivity contribution is 8.00. The number of thioether (sulfide) groups is 1. The van der Waals surface area contributed by atoms with E-state index in [2.05, 4.69) is 39.2 Å². The number of benzene rings is 1. The van der Waals surface area contributed by atoms with Crippen molar-refractivity contribution in [1.82, 2.24) is 15.0 Å². The fourth-order valence-corrected chi connectivity index (χ4v) is 3.91. The summed E-state index contributed by atoms with van der Waals surface area (Å²) in [5, 5.41) is 0.471. The summed E-state index contributed by atoms with van der Waals surface area (Å²) >= 11 is 1.92. The van der Waals surface area contributed by atoms with Gasteiger partial charge in [0.05, 0.1) is 0 Å². The summed E-state index contributed by atoms with van der Waals surface area (Å²) in [7, 11) is 2.02. The van der Waals surface area contributed by atoms with Crippen LogP contribution < -0.4 is 11.3 Å². The van der Waals surface area contributed by atoms with Gasteiger partial charge in [0.15, 0.2) is 0 Å². The average molecular weight is 274 g/mol. The Morgan fingerprint density at radius 3 is 3.05 bits per heavy atom. The summed E-state index contributed by atoms with van der Waals surface area (Å²) in [5.41, 5.74) is 4.40. The molecule has 0 bridgehead atoms. The predicted molar refractivity (Wildman–Crippen MR) is 77.8 cm³/mol. The first-order valence-electron chi connectivity index (χ1n) is 6.45. The van der Waals surface area contributed by atoms with Gasteiger partial charge in [-0.05, 0) is 18.1 Å². The van der Waals surface area contributed by atoms with Crippen LogP contribution in [0.15, 0.2) is 41.6 Å². The molecule has 1 aliphatic rings.